The highest BCUT2D eigenvalue weighted by Gasteiger charge is 2.24. The van der Waals surface area contributed by atoms with Gasteiger partial charge >= 0.3 is 0 Å². The number of aryl methyl sites for hydroxylation is 1. The SMILES string of the molecule is Cc1ccccc1[C@@H]1CCN(CCn2cc(-c3cccc(O)c3)nn2)C1. The van der Waals surface area contributed by atoms with Crippen molar-refractivity contribution < 1.29 is 5.11 Å². The van der Waals surface area contributed by atoms with Crippen molar-refractivity contribution in [1.82, 2.24) is 19.9 Å². The van der Waals surface area contributed by atoms with Gasteiger partial charge in [-0.25, -0.2) is 0 Å². The number of nitrogens with zero attached hydrogens (tertiary/aromatic N) is 4. The lowest BCUT2D eigenvalue weighted by atomic mass is 9.94. The molecular formula is C21H24N4O. The molecule has 2 heterocycles. The average molecular weight is 348 g/mol. The van der Waals surface area contributed by atoms with Crippen molar-refractivity contribution in [3.05, 3.63) is 65.9 Å². The summed E-state index contributed by atoms with van der Waals surface area (Å²) >= 11 is 0. The monoisotopic (exact) mass is 348 g/mol. The van der Waals surface area contributed by atoms with E-state index in [4.69, 9.17) is 0 Å². The number of phenolic OH excluding ortho intramolecular Hbond substituents is 1. The van der Waals surface area contributed by atoms with Gasteiger partial charge in [0.1, 0.15) is 11.4 Å². The van der Waals surface area contributed by atoms with Crippen molar-refractivity contribution in [2.24, 2.45) is 0 Å². The number of aromatic nitrogens is 3. The quantitative estimate of drug-likeness (QED) is 0.767. The molecule has 1 atom stereocenters. The fourth-order valence-electron chi connectivity index (χ4n) is 3.78. The number of rotatable bonds is 5. The Labute approximate surface area is 153 Å². The zero-order valence-corrected chi connectivity index (χ0v) is 15.0. The van der Waals surface area contributed by atoms with Gasteiger partial charge in [-0.05, 0) is 49.1 Å². The third-order valence-corrected chi connectivity index (χ3v) is 5.23. The van der Waals surface area contributed by atoms with Crippen LogP contribution in [0.3, 0.4) is 0 Å². The Morgan fingerprint density at radius 1 is 1.12 bits per heavy atom. The summed E-state index contributed by atoms with van der Waals surface area (Å²) in [6.45, 7) is 6.25. The Morgan fingerprint density at radius 2 is 2.00 bits per heavy atom. The number of aromatic hydroxyl groups is 1. The minimum atomic E-state index is 0.247. The van der Waals surface area contributed by atoms with E-state index in [1.54, 1.807) is 12.1 Å². The highest BCUT2D eigenvalue weighted by molar-refractivity contribution is 5.59. The fraction of sp³-hybridized carbons (Fsp3) is 0.333. The molecule has 0 aliphatic carbocycles. The summed E-state index contributed by atoms with van der Waals surface area (Å²) in [5.74, 6) is 0.881. The lowest BCUT2D eigenvalue weighted by Gasteiger charge is -2.17. The summed E-state index contributed by atoms with van der Waals surface area (Å²) in [5.41, 5.74) is 4.56. The second-order valence-electron chi connectivity index (χ2n) is 7.06. The number of hydrogen-bond acceptors (Lipinski definition) is 4. The van der Waals surface area contributed by atoms with Gasteiger partial charge < -0.3 is 10.0 Å². The normalized spacial score (nSPS) is 17.7. The minimum absolute atomic E-state index is 0.247. The predicted molar refractivity (Wildman–Crippen MR) is 102 cm³/mol. The Kier molecular flexibility index (Phi) is 4.71. The third kappa shape index (κ3) is 3.63. The van der Waals surface area contributed by atoms with Crippen LogP contribution < -0.4 is 0 Å². The molecule has 0 unspecified atom stereocenters. The van der Waals surface area contributed by atoms with E-state index in [0.717, 1.165) is 37.4 Å². The van der Waals surface area contributed by atoms with Gasteiger partial charge in [0.15, 0.2) is 0 Å². The van der Waals surface area contributed by atoms with Crippen LogP contribution in [0.15, 0.2) is 54.7 Å². The second kappa shape index (κ2) is 7.30. The molecule has 26 heavy (non-hydrogen) atoms. The first kappa shape index (κ1) is 16.8. The molecule has 0 spiro atoms. The fourth-order valence-corrected chi connectivity index (χ4v) is 3.78. The Balaban J connectivity index is 1.35. The lowest BCUT2D eigenvalue weighted by Crippen LogP contribution is -2.25. The number of likely N-dealkylation sites (tertiary alicyclic amines) is 1. The van der Waals surface area contributed by atoms with Crippen LogP contribution in [0, 0.1) is 6.92 Å². The maximum absolute atomic E-state index is 9.60. The van der Waals surface area contributed by atoms with E-state index in [-0.39, 0.29) is 5.75 Å². The van der Waals surface area contributed by atoms with Gasteiger partial charge in [0.2, 0.25) is 0 Å². The summed E-state index contributed by atoms with van der Waals surface area (Å²) in [6.07, 6.45) is 3.17. The van der Waals surface area contributed by atoms with Crippen LogP contribution in [-0.2, 0) is 6.54 Å². The Bertz CT molecular complexity index is 889. The molecule has 1 aliphatic rings. The molecule has 0 amide bonds. The number of hydrogen-bond donors (Lipinski definition) is 1. The zero-order valence-electron chi connectivity index (χ0n) is 15.0. The Hall–Kier alpha value is -2.66. The van der Waals surface area contributed by atoms with Crippen LogP contribution in [0.5, 0.6) is 5.75 Å². The first-order chi connectivity index (χ1) is 12.7. The largest absolute Gasteiger partial charge is 0.508 e. The van der Waals surface area contributed by atoms with Crippen molar-refractivity contribution in [3.8, 4) is 17.0 Å². The molecule has 1 N–H and O–H groups in total. The molecule has 1 saturated heterocycles. The molecule has 5 heteroatoms. The van der Waals surface area contributed by atoms with E-state index < -0.39 is 0 Å². The van der Waals surface area contributed by atoms with Crippen LogP contribution >= 0.6 is 0 Å². The maximum atomic E-state index is 9.60. The molecule has 0 radical (unpaired) electrons. The van der Waals surface area contributed by atoms with E-state index >= 15 is 0 Å². The van der Waals surface area contributed by atoms with Gasteiger partial charge in [-0.3, -0.25) is 4.68 Å². The van der Waals surface area contributed by atoms with E-state index in [0.29, 0.717) is 5.92 Å². The molecule has 3 aromatic rings. The lowest BCUT2D eigenvalue weighted by molar-refractivity contribution is 0.310. The standard InChI is InChI=1S/C21H24N4O/c1-16-5-2-3-8-20(16)18-9-10-24(14-18)11-12-25-15-21(22-23-25)17-6-4-7-19(26)13-17/h2-8,13,15,18,26H,9-12,14H2,1H3/t18-/m1/s1. The van der Waals surface area contributed by atoms with Gasteiger partial charge in [-0.2, -0.15) is 0 Å². The summed E-state index contributed by atoms with van der Waals surface area (Å²) < 4.78 is 1.89. The van der Waals surface area contributed by atoms with Crippen LogP contribution in [0.25, 0.3) is 11.3 Å². The van der Waals surface area contributed by atoms with Gasteiger partial charge in [-0.1, -0.05) is 41.6 Å². The van der Waals surface area contributed by atoms with Crippen molar-refractivity contribution in [1.29, 1.82) is 0 Å². The van der Waals surface area contributed by atoms with E-state index in [9.17, 15) is 5.11 Å². The molecule has 1 fully saturated rings. The van der Waals surface area contributed by atoms with Crippen molar-refractivity contribution in [2.75, 3.05) is 19.6 Å². The summed E-state index contributed by atoms with van der Waals surface area (Å²) in [4.78, 5) is 2.51. The molecule has 0 saturated carbocycles. The van der Waals surface area contributed by atoms with Crippen molar-refractivity contribution in [3.63, 3.8) is 0 Å². The summed E-state index contributed by atoms with van der Waals surface area (Å²) in [6, 6.07) is 15.8. The van der Waals surface area contributed by atoms with Crippen molar-refractivity contribution >= 4 is 0 Å². The first-order valence-corrected chi connectivity index (χ1v) is 9.16. The second-order valence-corrected chi connectivity index (χ2v) is 7.06. The highest BCUT2D eigenvalue weighted by atomic mass is 16.3. The van der Waals surface area contributed by atoms with Gasteiger partial charge in [0.05, 0.1) is 12.7 Å². The van der Waals surface area contributed by atoms with Crippen LogP contribution in [0.2, 0.25) is 0 Å². The van der Waals surface area contributed by atoms with Crippen LogP contribution in [0.4, 0.5) is 0 Å². The summed E-state index contributed by atoms with van der Waals surface area (Å²) in [7, 11) is 0. The van der Waals surface area contributed by atoms with Gasteiger partial charge in [-0.15, -0.1) is 5.10 Å². The van der Waals surface area contributed by atoms with Crippen molar-refractivity contribution in [2.45, 2.75) is 25.8 Å². The molecule has 4 rings (SSSR count). The molecule has 1 aromatic heterocycles. The number of phenols is 1. The van der Waals surface area contributed by atoms with E-state index in [2.05, 4.69) is 46.4 Å². The summed E-state index contributed by atoms with van der Waals surface area (Å²) in [5, 5.41) is 18.1. The predicted octanol–water partition coefficient (Wildman–Crippen LogP) is 3.45. The minimum Gasteiger partial charge on any atom is -0.508 e. The molecule has 5 nitrogen and oxygen atoms in total. The zero-order chi connectivity index (χ0) is 17.9. The molecular weight excluding hydrogens is 324 g/mol. The van der Waals surface area contributed by atoms with E-state index in [1.165, 1.54) is 17.5 Å². The molecule has 1 aliphatic heterocycles. The third-order valence-electron chi connectivity index (χ3n) is 5.23. The van der Waals surface area contributed by atoms with Gasteiger partial charge in [0, 0.05) is 18.7 Å². The first-order valence-electron chi connectivity index (χ1n) is 9.16. The maximum Gasteiger partial charge on any atom is 0.116 e. The molecule has 134 valence electrons. The topological polar surface area (TPSA) is 54.2 Å². The Morgan fingerprint density at radius 3 is 2.85 bits per heavy atom. The number of benzene rings is 2. The highest BCUT2D eigenvalue weighted by Crippen LogP contribution is 2.29. The van der Waals surface area contributed by atoms with Crippen LogP contribution in [-0.4, -0.2) is 44.6 Å². The molecule has 0 bridgehead atoms. The average Bonchev–Trinajstić information content (AvgIpc) is 3.30. The van der Waals surface area contributed by atoms with E-state index in [1.807, 2.05) is 23.0 Å². The van der Waals surface area contributed by atoms with Crippen LogP contribution in [0.1, 0.15) is 23.5 Å². The van der Waals surface area contributed by atoms with Gasteiger partial charge in [0.25, 0.3) is 0 Å². The molecule has 2 aromatic carbocycles. The smallest absolute Gasteiger partial charge is 0.116 e.